The summed E-state index contributed by atoms with van der Waals surface area (Å²) in [5.41, 5.74) is 0.921. The van der Waals surface area contributed by atoms with Crippen LogP contribution in [0.5, 0.6) is 0 Å². The minimum Gasteiger partial charge on any atom is -0.411 e. The Kier molecular flexibility index (Phi) is 2.10. The van der Waals surface area contributed by atoms with Crippen molar-refractivity contribution < 1.29 is 5.21 Å². The van der Waals surface area contributed by atoms with Crippen molar-refractivity contribution in [2.75, 3.05) is 13.6 Å². The number of hydrogen-bond donors (Lipinski definition) is 1. The highest BCUT2D eigenvalue weighted by Gasteiger charge is 2.01. The third kappa shape index (κ3) is 1.37. The molecule has 1 heterocycles. The largest absolute Gasteiger partial charge is 0.411 e. The van der Waals surface area contributed by atoms with Gasteiger partial charge in [0.2, 0.25) is 0 Å². The van der Waals surface area contributed by atoms with Crippen LogP contribution in [0.15, 0.2) is 29.1 Å². The van der Waals surface area contributed by atoms with Gasteiger partial charge in [-0.15, -0.1) is 0 Å². The van der Waals surface area contributed by atoms with Gasteiger partial charge in [0.15, 0.2) is 0 Å². The Morgan fingerprint density at radius 2 is 2.60 bits per heavy atom. The molecule has 1 aliphatic heterocycles. The zero-order valence-electron chi connectivity index (χ0n) is 5.86. The van der Waals surface area contributed by atoms with Crippen LogP contribution in [0, 0.1) is 0 Å². The van der Waals surface area contributed by atoms with Gasteiger partial charge in [0.25, 0.3) is 0 Å². The van der Waals surface area contributed by atoms with Gasteiger partial charge in [0, 0.05) is 13.6 Å². The van der Waals surface area contributed by atoms with E-state index in [4.69, 9.17) is 5.21 Å². The van der Waals surface area contributed by atoms with Crippen molar-refractivity contribution in [2.45, 2.75) is 0 Å². The number of allylic oxidation sites excluding steroid dienone is 3. The summed E-state index contributed by atoms with van der Waals surface area (Å²) in [5.74, 6) is 0. The van der Waals surface area contributed by atoms with Crippen molar-refractivity contribution in [1.82, 2.24) is 4.90 Å². The van der Waals surface area contributed by atoms with E-state index in [0.717, 1.165) is 12.2 Å². The molecule has 0 saturated carbocycles. The van der Waals surface area contributed by atoms with E-state index in [0.29, 0.717) is 0 Å². The van der Waals surface area contributed by atoms with Crippen LogP contribution in [0.4, 0.5) is 0 Å². The second-order valence-corrected chi connectivity index (χ2v) is 2.14. The lowest BCUT2D eigenvalue weighted by atomic mass is 10.3. The monoisotopic (exact) mass is 138 g/mol. The summed E-state index contributed by atoms with van der Waals surface area (Å²) in [6, 6.07) is 0. The molecule has 0 bridgehead atoms. The van der Waals surface area contributed by atoms with Gasteiger partial charge in [-0.3, -0.25) is 0 Å². The molecule has 0 radical (unpaired) electrons. The summed E-state index contributed by atoms with van der Waals surface area (Å²) in [7, 11) is 1.94. The fraction of sp³-hybridized carbons (Fsp3) is 0.286. The lowest BCUT2D eigenvalue weighted by Crippen LogP contribution is -2.20. The second kappa shape index (κ2) is 3.06. The molecule has 0 saturated heterocycles. The van der Waals surface area contributed by atoms with E-state index in [1.807, 2.05) is 30.2 Å². The Morgan fingerprint density at radius 3 is 3.20 bits per heavy atom. The zero-order chi connectivity index (χ0) is 7.40. The van der Waals surface area contributed by atoms with E-state index < -0.39 is 0 Å². The third-order valence-corrected chi connectivity index (χ3v) is 1.41. The standard InChI is InChI=1S/C7H10N2O/c1-9-5-3-2-4-7(9)6-8-10/h2-4,6,10H,5H2,1H3/b8-6-. The molecular formula is C7H10N2O. The number of oxime groups is 1. The zero-order valence-corrected chi connectivity index (χ0v) is 5.86. The summed E-state index contributed by atoms with van der Waals surface area (Å²) < 4.78 is 0. The Hall–Kier alpha value is -1.25. The van der Waals surface area contributed by atoms with Gasteiger partial charge >= 0.3 is 0 Å². The number of nitrogens with zero attached hydrogens (tertiary/aromatic N) is 2. The molecule has 1 N–H and O–H groups in total. The molecule has 10 heavy (non-hydrogen) atoms. The Morgan fingerprint density at radius 1 is 1.80 bits per heavy atom. The van der Waals surface area contributed by atoms with Crippen LogP contribution in [0.3, 0.4) is 0 Å². The number of likely N-dealkylation sites (N-methyl/N-ethyl adjacent to an activating group) is 1. The molecule has 3 nitrogen and oxygen atoms in total. The first-order valence-corrected chi connectivity index (χ1v) is 3.10. The number of hydrogen-bond acceptors (Lipinski definition) is 3. The van der Waals surface area contributed by atoms with E-state index in [2.05, 4.69) is 5.16 Å². The van der Waals surface area contributed by atoms with Crippen LogP contribution < -0.4 is 0 Å². The molecule has 0 aromatic carbocycles. The summed E-state index contributed by atoms with van der Waals surface area (Å²) in [4.78, 5) is 1.99. The van der Waals surface area contributed by atoms with E-state index in [9.17, 15) is 0 Å². The minimum atomic E-state index is 0.873. The van der Waals surface area contributed by atoms with Crippen molar-refractivity contribution in [3.05, 3.63) is 23.9 Å². The van der Waals surface area contributed by atoms with Crippen LogP contribution in [0.1, 0.15) is 0 Å². The molecule has 0 aromatic rings. The second-order valence-electron chi connectivity index (χ2n) is 2.14. The average Bonchev–Trinajstić information content (AvgIpc) is 1.94. The maximum Gasteiger partial charge on any atom is 0.0894 e. The maximum atomic E-state index is 8.21. The first-order chi connectivity index (χ1) is 4.84. The normalized spacial score (nSPS) is 18.1. The smallest absolute Gasteiger partial charge is 0.0894 e. The van der Waals surface area contributed by atoms with Crippen molar-refractivity contribution in [1.29, 1.82) is 0 Å². The molecule has 0 aromatic heterocycles. The Bertz CT molecular complexity index is 194. The van der Waals surface area contributed by atoms with Crippen LogP contribution in [0.2, 0.25) is 0 Å². The molecule has 0 unspecified atom stereocenters. The molecule has 0 atom stereocenters. The maximum absolute atomic E-state index is 8.21. The molecule has 0 aliphatic carbocycles. The van der Waals surface area contributed by atoms with E-state index >= 15 is 0 Å². The molecule has 0 amide bonds. The fourth-order valence-electron chi connectivity index (χ4n) is 0.819. The Labute approximate surface area is 59.9 Å². The van der Waals surface area contributed by atoms with Crippen molar-refractivity contribution >= 4 is 6.21 Å². The van der Waals surface area contributed by atoms with Gasteiger partial charge < -0.3 is 10.1 Å². The van der Waals surface area contributed by atoms with Gasteiger partial charge in [0.1, 0.15) is 0 Å². The summed E-state index contributed by atoms with van der Waals surface area (Å²) in [6.07, 6.45) is 7.29. The first-order valence-electron chi connectivity index (χ1n) is 3.10. The quantitative estimate of drug-likeness (QED) is 0.331. The van der Waals surface area contributed by atoms with E-state index in [1.165, 1.54) is 6.21 Å². The van der Waals surface area contributed by atoms with Crippen molar-refractivity contribution in [2.24, 2.45) is 5.16 Å². The SMILES string of the molecule is CN1CC=CC=C1/C=N\O. The van der Waals surface area contributed by atoms with E-state index in [-0.39, 0.29) is 0 Å². The molecule has 54 valence electrons. The lowest BCUT2D eigenvalue weighted by molar-refractivity contribution is 0.320. The van der Waals surface area contributed by atoms with E-state index in [1.54, 1.807) is 0 Å². The first kappa shape index (κ1) is 6.86. The lowest BCUT2D eigenvalue weighted by Gasteiger charge is -2.19. The molecule has 0 spiro atoms. The van der Waals surface area contributed by atoms with Gasteiger partial charge in [0.05, 0.1) is 11.9 Å². The van der Waals surface area contributed by atoms with Crippen LogP contribution in [-0.2, 0) is 0 Å². The highest BCUT2D eigenvalue weighted by molar-refractivity contribution is 5.77. The predicted molar refractivity (Wildman–Crippen MR) is 40.1 cm³/mol. The van der Waals surface area contributed by atoms with Crippen molar-refractivity contribution in [3.8, 4) is 0 Å². The van der Waals surface area contributed by atoms with Crippen LogP contribution in [0.25, 0.3) is 0 Å². The third-order valence-electron chi connectivity index (χ3n) is 1.41. The molecule has 3 heteroatoms. The van der Waals surface area contributed by atoms with Crippen LogP contribution in [-0.4, -0.2) is 29.9 Å². The molecule has 0 fully saturated rings. The molecular weight excluding hydrogens is 128 g/mol. The highest BCUT2D eigenvalue weighted by atomic mass is 16.4. The van der Waals surface area contributed by atoms with Gasteiger partial charge in [-0.05, 0) is 6.08 Å². The summed E-state index contributed by atoms with van der Waals surface area (Å²) in [6.45, 7) is 0.873. The van der Waals surface area contributed by atoms with Gasteiger partial charge in [-0.25, -0.2) is 0 Å². The Balaban J connectivity index is 2.70. The molecule has 1 aliphatic rings. The van der Waals surface area contributed by atoms with Crippen molar-refractivity contribution in [3.63, 3.8) is 0 Å². The van der Waals surface area contributed by atoms with Gasteiger partial charge in [-0.2, -0.15) is 0 Å². The fourth-order valence-corrected chi connectivity index (χ4v) is 0.819. The average molecular weight is 138 g/mol. The van der Waals surface area contributed by atoms with Gasteiger partial charge in [-0.1, -0.05) is 17.3 Å². The minimum absolute atomic E-state index is 0.873. The molecule has 1 rings (SSSR count). The summed E-state index contributed by atoms with van der Waals surface area (Å²) >= 11 is 0. The summed E-state index contributed by atoms with van der Waals surface area (Å²) in [5, 5.41) is 11.2. The topological polar surface area (TPSA) is 35.8 Å². The highest BCUT2D eigenvalue weighted by Crippen LogP contribution is 2.03. The predicted octanol–water partition coefficient (Wildman–Crippen LogP) is 0.832. The van der Waals surface area contributed by atoms with Crippen LogP contribution >= 0.6 is 0 Å². The number of rotatable bonds is 1.